The lowest BCUT2D eigenvalue weighted by molar-refractivity contribution is -0.113. The van der Waals surface area contributed by atoms with Gasteiger partial charge in [-0.3, -0.25) is 4.79 Å². The normalized spacial score (nSPS) is 10.5. The minimum absolute atomic E-state index is 0.126. The number of aromatic nitrogens is 3. The van der Waals surface area contributed by atoms with Crippen LogP contribution in [0.5, 0.6) is 17.2 Å². The van der Waals surface area contributed by atoms with Crippen molar-refractivity contribution in [1.82, 2.24) is 14.8 Å². The van der Waals surface area contributed by atoms with Gasteiger partial charge in [0.1, 0.15) is 12.4 Å². The molecule has 1 aromatic heterocycles. The van der Waals surface area contributed by atoms with Crippen molar-refractivity contribution in [2.24, 2.45) is 7.05 Å². The Balaban J connectivity index is 1.51. The Morgan fingerprint density at radius 2 is 1.80 bits per heavy atom. The van der Waals surface area contributed by atoms with Crippen LogP contribution in [0.4, 0.5) is 5.69 Å². The van der Waals surface area contributed by atoms with Crippen LogP contribution in [0.1, 0.15) is 12.7 Å². The van der Waals surface area contributed by atoms with E-state index in [0.29, 0.717) is 34.8 Å². The van der Waals surface area contributed by atoms with Crippen molar-refractivity contribution >= 4 is 23.4 Å². The number of ether oxygens (including phenoxy) is 3. The van der Waals surface area contributed by atoms with E-state index in [0.717, 1.165) is 5.75 Å². The number of carbonyl (C=O) groups excluding carboxylic acids is 1. The molecule has 0 aliphatic carbocycles. The second kappa shape index (κ2) is 10.5. The van der Waals surface area contributed by atoms with Crippen molar-refractivity contribution in [3.63, 3.8) is 0 Å². The first-order valence-corrected chi connectivity index (χ1v) is 10.4. The van der Waals surface area contributed by atoms with Gasteiger partial charge in [0.15, 0.2) is 22.5 Å². The van der Waals surface area contributed by atoms with Crippen LogP contribution in [0.25, 0.3) is 0 Å². The summed E-state index contributed by atoms with van der Waals surface area (Å²) in [5.74, 6) is 2.79. The largest absolute Gasteiger partial charge is 0.494 e. The lowest BCUT2D eigenvalue weighted by Gasteiger charge is -2.10. The molecule has 3 rings (SSSR count). The standard InChI is InChI=1S/C21H24N4O4S/c1-4-28-16-11-9-15(10-12-16)22-20(26)14-30-21-24-23-19(25(21)2)13-29-18-8-6-5-7-17(18)27-3/h5-12H,4,13-14H2,1-3H3,(H,22,26). The van der Waals surface area contributed by atoms with Crippen LogP contribution in [-0.2, 0) is 18.4 Å². The van der Waals surface area contributed by atoms with E-state index in [2.05, 4.69) is 15.5 Å². The number of amides is 1. The second-order valence-corrected chi connectivity index (χ2v) is 7.13. The molecule has 0 atom stereocenters. The van der Waals surface area contributed by atoms with Crippen LogP contribution in [0.2, 0.25) is 0 Å². The minimum atomic E-state index is -0.126. The van der Waals surface area contributed by atoms with Gasteiger partial charge in [0, 0.05) is 12.7 Å². The van der Waals surface area contributed by atoms with Gasteiger partial charge in [-0.25, -0.2) is 0 Å². The number of thioether (sulfide) groups is 1. The zero-order valence-electron chi connectivity index (χ0n) is 17.1. The first kappa shape index (κ1) is 21.5. The topological polar surface area (TPSA) is 87.5 Å². The van der Waals surface area contributed by atoms with Crippen molar-refractivity contribution in [2.75, 3.05) is 24.8 Å². The fourth-order valence-electron chi connectivity index (χ4n) is 2.61. The summed E-state index contributed by atoms with van der Waals surface area (Å²) in [6.07, 6.45) is 0. The maximum absolute atomic E-state index is 12.2. The molecule has 3 aromatic rings. The van der Waals surface area contributed by atoms with E-state index in [4.69, 9.17) is 14.2 Å². The van der Waals surface area contributed by atoms with Crippen LogP contribution in [0, 0.1) is 0 Å². The lowest BCUT2D eigenvalue weighted by Crippen LogP contribution is -2.14. The highest BCUT2D eigenvalue weighted by atomic mass is 32.2. The molecule has 158 valence electrons. The molecule has 0 saturated carbocycles. The summed E-state index contributed by atoms with van der Waals surface area (Å²) >= 11 is 1.31. The predicted octanol–water partition coefficient (Wildman–Crippen LogP) is 3.53. The van der Waals surface area contributed by atoms with E-state index in [-0.39, 0.29) is 18.3 Å². The zero-order chi connectivity index (χ0) is 21.3. The summed E-state index contributed by atoms with van der Waals surface area (Å²) < 4.78 is 18.3. The van der Waals surface area contributed by atoms with Gasteiger partial charge in [0.2, 0.25) is 5.91 Å². The molecule has 0 fully saturated rings. The smallest absolute Gasteiger partial charge is 0.234 e. The number of nitrogens with one attached hydrogen (secondary N) is 1. The van der Waals surface area contributed by atoms with Gasteiger partial charge in [0.25, 0.3) is 0 Å². The fourth-order valence-corrected chi connectivity index (χ4v) is 3.34. The minimum Gasteiger partial charge on any atom is -0.494 e. The van der Waals surface area contributed by atoms with E-state index >= 15 is 0 Å². The molecule has 0 aliphatic heterocycles. The Hall–Kier alpha value is -3.20. The van der Waals surface area contributed by atoms with Crippen LogP contribution < -0.4 is 19.5 Å². The highest BCUT2D eigenvalue weighted by Gasteiger charge is 2.13. The number of rotatable bonds is 10. The molecule has 0 aliphatic rings. The lowest BCUT2D eigenvalue weighted by atomic mass is 10.3. The number of carbonyl (C=O) groups is 1. The third-order valence-corrected chi connectivity index (χ3v) is 5.15. The van der Waals surface area contributed by atoms with Crippen molar-refractivity contribution < 1.29 is 19.0 Å². The predicted molar refractivity (Wildman–Crippen MR) is 115 cm³/mol. The molecule has 0 spiro atoms. The molecule has 0 radical (unpaired) electrons. The number of para-hydroxylation sites is 2. The number of benzene rings is 2. The average molecular weight is 429 g/mol. The molecule has 1 N–H and O–H groups in total. The molecular weight excluding hydrogens is 404 g/mol. The first-order chi connectivity index (χ1) is 14.6. The summed E-state index contributed by atoms with van der Waals surface area (Å²) in [6.45, 7) is 2.77. The molecule has 8 nitrogen and oxygen atoms in total. The van der Waals surface area contributed by atoms with Gasteiger partial charge in [-0.2, -0.15) is 0 Å². The Morgan fingerprint density at radius 1 is 1.07 bits per heavy atom. The summed E-state index contributed by atoms with van der Waals surface area (Å²) in [5.41, 5.74) is 0.716. The van der Waals surface area contributed by atoms with Crippen molar-refractivity contribution in [2.45, 2.75) is 18.7 Å². The maximum atomic E-state index is 12.2. The van der Waals surface area contributed by atoms with Gasteiger partial charge in [0.05, 0.1) is 19.5 Å². The van der Waals surface area contributed by atoms with Crippen LogP contribution in [0.15, 0.2) is 53.7 Å². The molecule has 1 heterocycles. The Kier molecular flexibility index (Phi) is 7.56. The molecule has 0 bridgehead atoms. The summed E-state index contributed by atoms with van der Waals surface area (Å²) in [4.78, 5) is 12.2. The number of hydrogen-bond donors (Lipinski definition) is 1. The molecule has 9 heteroatoms. The van der Waals surface area contributed by atoms with Crippen LogP contribution in [0.3, 0.4) is 0 Å². The van der Waals surface area contributed by atoms with Crippen molar-refractivity contribution in [3.8, 4) is 17.2 Å². The third kappa shape index (κ3) is 5.66. The van der Waals surface area contributed by atoms with E-state index < -0.39 is 0 Å². The van der Waals surface area contributed by atoms with Gasteiger partial charge in [-0.1, -0.05) is 23.9 Å². The second-order valence-electron chi connectivity index (χ2n) is 6.19. The van der Waals surface area contributed by atoms with Gasteiger partial charge < -0.3 is 24.1 Å². The maximum Gasteiger partial charge on any atom is 0.234 e. The van der Waals surface area contributed by atoms with Gasteiger partial charge >= 0.3 is 0 Å². The van der Waals surface area contributed by atoms with Crippen LogP contribution in [-0.4, -0.2) is 40.1 Å². The summed E-state index contributed by atoms with van der Waals surface area (Å²) in [5, 5.41) is 11.8. The molecule has 0 unspecified atom stereocenters. The van der Waals surface area contributed by atoms with E-state index in [1.165, 1.54) is 11.8 Å². The molecule has 1 amide bonds. The first-order valence-electron chi connectivity index (χ1n) is 9.40. The summed E-state index contributed by atoms with van der Waals surface area (Å²) in [7, 11) is 3.44. The number of hydrogen-bond acceptors (Lipinski definition) is 7. The Morgan fingerprint density at radius 3 is 2.50 bits per heavy atom. The molecule has 2 aromatic carbocycles. The quantitative estimate of drug-likeness (QED) is 0.494. The number of methoxy groups -OCH3 is 1. The van der Waals surface area contributed by atoms with Crippen LogP contribution >= 0.6 is 11.8 Å². The van der Waals surface area contributed by atoms with Crippen molar-refractivity contribution in [3.05, 3.63) is 54.4 Å². The monoisotopic (exact) mass is 428 g/mol. The number of anilines is 1. The Bertz CT molecular complexity index is 975. The molecule has 30 heavy (non-hydrogen) atoms. The summed E-state index contributed by atoms with van der Waals surface area (Å²) in [6, 6.07) is 14.7. The highest BCUT2D eigenvalue weighted by molar-refractivity contribution is 7.99. The van der Waals surface area contributed by atoms with Gasteiger partial charge in [-0.05, 0) is 43.3 Å². The molecule has 0 saturated heterocycles. The van der Waals surface area contributed by atoms with Crippen molar-refractivity contribution in [1.29, 1.82) is 0 Å². The van der Waals surface area contributed by atoms with E-state index in [1.807, 2.05) is 67.1 Å². The Labute approximate surface area is 179 Å². The number of nitrogens with zero attached hydrogens (tertiary/aromatic N) is 3. The fraction of sp³-hybridized carbons (Fsp3) is 0.286. The average Bonchev–Trinajstić information content (AvgIpc) is 3.12. The highest BCUT2D eigenvalue weighted by Crippen LogP contribution is 2.27. The van der Waals surface area contributed by atoms with Gasteiger partial charge in [-0.15, -0.1) is 10.2 Å². The van der Waals surface area contributed by atoms with E-state index in [9.17, 15) is 4.79 Å². The third-order valence-electron chi connectivity index (χ3n) is 4.13. The zero-order valence-corrected chi connectivity index (χ0v) is 17.9. The van der Waals surface area contributed by atoms with E-state index in [1.54, 1.807) is 7.11 Å². The SMILES string of the molecule is CCOc1ccc(NC(=O)CSc2nnc(COc3ccccc3OC)n2C)cc1. The molecular formula is C21H24N4O4S.